The van der Waals surface area contributed by atoms with Gasteiger partial charge in [0.25, 0.3) is 5.91 Å². The lowest BCUT2D eigenvalue weighted by Crippen LogP contribution is -2.36. The molecule has 1 aliphatic rings. The summed E-state index contributed by atoms with van der Waals surface area (Å²) in [6, 6.07) is 7.32. The third-order valence-corrected chi connectivity index (χ3v) is 6.74. The first-order valence-corrected chi connectivity index (χ1v) is 11.2. The summed E-state index contributed by atoms with van der Waals surface area (Å²) in [5.41, 5.74) is 0.848. The molecule has 0 spiro atoms. The molecular formula is C17H16N4O3S4. The van der Waals surface area contributed by atoms with Crippen LogP contribution in [0.2, 0.25) is 0 Å². The second-order valence-corrected chi connectivity index (χ2v) is 9.56. The van der Waals surface area contributed by atoms with Crippen molar-refractivity contribution in [1.82, 2.24) is 15.1 Å². The number of nitrogens with zero attached hydrogens (tertiary/aromatic N) is 3. The first-order chi connectivity index (χ1) is 13.5. The highest BCUT2D eigenvalue weighted by Gasteiger charge is 2.33. The lowest BCUT2D eigenvalue weighted by Gasteiger charge is -2.13. The van der Waals surface area contributed by atoms with E-state index in [-0.39, 0.29) is 18.4 Å². The highest BCUT2D eigenvalue weighted by molar-refractivity contribution is 8.26. The van der Waals surface area contributed by atoms with E-state index in [4.69, 9.17) is 17.0 Å². The summed E-state index contributed by atoms with van der Waals surface area (Å²) in [5.74, 6) is 0.949. The molecule has 1 N–H and O–H groups in total. The van der Waals surface area contributed by atoms with Gasteiger partial charge in [0.2, 0.25) is 11.0 Å². The van der Waals surface area contributed by atoms with Gasteiger partial charge < -0.3 is 4.74 Å². The quantitative estimate of drug-likeness (QED) is 0.296. The van der Waals surface area contributed by atoms with Crippen LogP contribution >= 0.6 is 47.1 Å². The van der Waals surface area contributed by atoms with Crippen LogP contribution in [0.4, 0.5) is 5.13 Å². The number of thiocarbonyl (C=S) groups is 1. The van der Waals surface area contributed by atoms with E-state index < -0.39 is 0 Å². The Hall–Kier alpha value is -1.95. The van der Waals surface area contributed by atoms with Crippen LogP contribution < -0.4 is 10.1 Å². The van der Waals surface area contributed by atoms with Crippen molar-refractivity contribution in [3.05, 3.63) is 34.7 Å². The second-order valence-electron chi connectivity index (χ2n) is 5.40. The van der Waals surface area contributed by atoms with Crippen molar-refractivity contribution in [2.45, 2.75) is 11.3 Å². The number of nitrogens with one attached hydrogen (secondary N) is 1. The van der Waals surface area contributed by atoms with Crippen LogP contribution in [-0.2, 0) is 9.59 Å². The number of carbonyl (C=O) groups excluding carboxylic acids is 2. The summed E-state index contributed by atoms with van der Waals surface area (Å²) in [6.07, 6.45) is 1.75. The molecule has 7 nitrogen and oxygen atoms in total. The van der Waals surface area contributed by atoms with Crippen molar-refractivity contribution in [1.29, 1.82) is 0 Å². The number of thioether (sulfide) groups is 2. The predicted octanol–water partition coefficient (Wildman–Crippen LogP) is 3.50. The first kappa shape index (κ1) is 20.8. The molecule has 2 amide bonds. The van der Waals surface area contributed by atoms with Crippen molar-refractivity contribution < 1.29 is 14.3 Å². The van der Waals surface area contributed by atoms with Crippen LogP contribution in [0.1, 0.15) is 12.5 Å². The number of ether oxygens (including phenoxy) is 1. The highest BCUT2D eigenvalue weighted by atomic mass is 32.2. The third-order valence-electron chi connectivity index (χ3n) is 3.51. The minimum Gasteiger partial charge on any atom is -0.497 e. The summed E-state index contributed by atoms with van der Waals surface area (Å²) < 4.78 is 6.26. The Morgan fingerprint density at radius 2 is 2.11 bits per heavy atom. The van der Waals surface area contributed by atoms with E-state index in [2.05, 4.69) is 15.5 Å². The molecule has 1 aromatic heterocycles. The third kappa shape index (κ3) is 5.10. The zero-order valence-corrected chi connectivity index (χ0v) is 18.3. The molecule has 0 radical (unpaired) electrons. The average molecular weight is 453 g/mol. The molecule has 0 aliphatic carbocycles. The number of methoxy groups -OCH3 is 1. The molecule has 28 heavy (non-hydrogen) atoms. The van der Waals surface area contributed by atoms with Crippen molar-refractivity contribution >= 4 is 74.4 Å². The van der Waals surface area contributed by atoms with Gasteiger partial charge in [-0.3, -0.25) is 19.8 Å². The molecule has 1 saturated heterocycles. The number of amides is 2. The molecule has 0 atom stereocenters. The van der Waals surface area contributed by atoms with E-state index in [1.807, 2.05) is 31.2 Å². The van der Waals surface area contributed by atoms with Gasteiger partial charge in [0.05, 0.1) is 12.0 Å². The summed E-state index contributed by atoms with van der Waals surface area (Å²) in [7, 11) is 1.59. The predicted molar refractivity (Wildman–Crippen MR) is 118 cm³/mol. The van der Waals surface area contributed by atoms with E-state index in [0.717, 1.165) is 21.4 Å². The summed E-state index contributed by atoms with van der Waals surface area (Å²) in [5, 5.41) is 11.0. The Balaban J connectivity index is 1.63. The average Bonchev–Trinajstić information content (AvgIpc) is 3.22. The molecule has 3 rings (SSSR count). The maximum absolute atomic E-state index is 12.6. The van der Waals surface area contributed by atoms with Crippen LogP contribution in [0.5, 0.6) is 5.75 Å². The number of benzene rings is 1. The molecule has 1 aromatic carbocycles. The number of rotatable bonds is 7. The lowest BCUT2D eigenvalue weighted by atomic mass is 10.2. The SMILES string of the molecule is CCSc1nnc(NC(=O)CN2C(=O)/C(=C/c3ccc(OC)cc3)SC2=S)s1. The Morgan fingerprint density at radius 3 is 2.79 bits per heavy atom. The van der Waals surface area contributed by atoms with Crippen LogP contribution in [0.25, 0.3) is 6.08 Å². The molecule has 2 aromatic rings. The van der Waals surface area contributed by atoms with E-state index in [1.165, 1.54) is 28.0 Å². The van der Waals surface area contributed by atoms with Gasteiger partial charge in [-0.2, -0.15) is 0 Å². The number of hydrogen-bond donors (Lipinski definition) is 1. The fraction of sp³-hybridized carbons (Fsp3) is 0.235. The van der Waals surface area contributed by atoms with Crippen LogP contribution in [0.15, 0.2) is 33.5 Å². The summed E-state index contributed by atoms with van der Waals surface area (Å²) >= 11 is 9.29. The Kier molecular flexibility index (Phi) is 7.05. The van der Waals surface area contributed by atoms with Gasteiger partial charge in [-0.1, -0.05) is 66.1 Å². The maximum Gasteiger partial charge on any atom is 0.266 e. The van der Waals surface area contributed by atoms with Gasteiger partial charge in [0, 0.05) is 0 Å². The van der Waals surface area contributed by atoms with E-state index in [0.29, 0.717) is 14.4 Å². The zero-order chi connectivity index (χ0) is 20.1. The molecule has 1 aliphatic heterocycles. The maximum atomic E-state index is 12.6. The number of aromatic nitrogens is 2. The van der Waals surface area contributed by atoms with Crippen molar-refractivity contribution in [3.8, 4) is 5.75 Å². The fourth-order valence-corrected chi connectivity index (χ4v) is 5.15. The van der Waals surface area contributed by atoms with Gasteiger partial charge in [0.1, 0.15) is 16.6 Å². The zero-order valence-electron chi connectivity index (χ0n) is 15.0. The standard InChI is InChI=1S/C17H16N4O3S4/c1-3-26-16-20-19-15(28-16)18-13(22)9-21-14(23)12(27-17(21)25)8-10-4-6-11(24-2)7-5-10/h4-8H,3,9H2,1-2H3,(H,18,19,22)/b12-8-. The Morgan fingerprint density at radius 1 is 1.36 bits per heavy atom. The van der Waals surface area contributed by atoms with Gasteiger partial charge in [0.15, 0.2) is 4.34 Å². The summed E-state index contributed by atoms with van der Waals surface area (Å²) in [6.45, 7) is 1.85. The minimum absolute atomic E-state index is 0.166. The van der Waals surface area contributed by atoms with Crippen molar-refractivity contribution in [2.75, 3.05) is 24.7 Å². The minimum atomic E-state index is -0.369. The first-order valence-electron chi connectivity index (χ1n) is 8.15. The number of hydrogen-bond acceptors (Lipinski definition) is 9. The Bertz CT molecular complexity index is 927. The van der Waals surface area contributed by atoms with Crippen LogP contribution in [-0.4, -0.2) is 50.6 Å². The normalized spacial score (nSPS) is 15.4. The van der Waals surface area contributed by atoms with Crippen molar-refractivity contribution in [3.63, 3.8) is 0 Å². The van der Waals surface area contributed by atoms with E-state index >= 15 is 0 Å². The Labute approximate surface area is 179 Å². The number of carbonyl (C=O) groups is 2. The van der Waals surface area contributed by atoms with Gasteiger partial charge in [-0.05, 0) is 29.5 Å². The van der Waals surface area contributed by atoms with Crippen LogP contribution in [0, 0.1) is 0 Å². The molecule has 146 valence electrons. The molecule has 0 bridgehead atoms. The number of anilines is 1. The van der Waals surface area contributed by atoms with Gasteiger partial charge in [-0.25, -0.2) is 0 Å². The second kappa shape index (κ2) is 9.50. The largest absolute Gasteiger partial charge is 0.497 e. The molecule has 1 fully saturated rings. The van der Waals surface area contributed by atoms with E-state index in [1.54, 1.807) is 24.9 Å². The monoisotopic (exact) mass is 452 g/mol. The fourth-order valence-electron chi connectivity index (χ4n) is 2.23. The lowest BCUT2D eigenvalue weighted by molar-refractivity contribution is -0.126. The molecule has 0 saturated carbocycles. The molecule has 0 unspecified atom stereocenters. The van der Waals surface area contributed by atoms with E-state index in [9.17, 15) is 9.59 Å². The molecule has 2 heterocycles. The molecule has 11 heteroatoms. The summed E-state index contributed by atoms with van der Waals surface area (Å²) in [4.78, 5) is 26.7. The smallest absolute Gasteiger partial charge is 0.266 e. The van der Waals surface area contributed by atoms with Gasteiger partial charge in [-0.15, -0.1) is 10.2 Å². The highest BCUT2D eigenvalue weighted by Crippen LogP contribution is 2.33. The van der Waals surface area contributed by atoms with Gasteiger partial charge >= 0.3 is 0 Å². The van der Waals surface area contributed by atoms with Crippen molar-refractivity contribution in [2.24, 2.45) is 0 Å². The molecular weight excluding hydrogens is 436 g/mol. The van der Waals surface area contributed by atoms with Crippen LogP contribution in [0.3, 0.4) is 0 Å². The topological polar surface area (TPSA) is 84.4 Å².